The maximum absolute atomic E-state index is 12.7. The number of allylic oxidation sites excluding steroid dienone is 6. The average molecular weight is 995 g/mol. The van der Waals surface area contributed by atoms with E-state index in [9.17, 15) is 19.0 Å². The minimum Gasteiger partial charge on any atom is -0.462 e. The molecule has 0 aliphatic heterocycles. The highest BCUT2D eigenvalue weighted by Crippen LogP contribution is 2.43. The van der Waals surface area contributed by atoms with Gasteiger partial charge in [0.15, 0.2) is 6.10 Å². The maximum Gasteiger partial charge on any atom is 0.472 e. The molecule has 0 spiro atoms. The molecular formula is C59H112NO8P. The fourth-order valence-corrected chi connectivity index (χ4v) is 9.48. The summed E-state index contributed by atoms with van der Waals surface area (Å²) >= 11 is 0. The van der Waals surface area contributed by atoms with Gasteiger partial charge < -0.3 is 20.1 Å². The topological polar surface area (TPSA) is 134 Å². The lowest BCUT2D eigenvalue weighted by Gasteiger charge is -2.19. The van der Waals surface area contributed by atoms with E-state index < -0.39 is 26.5 Å². The van der Waals surface area contributed by atoms with E-state index in [1.807, 2.05) is 0 Å². The first-order valence-corrected chi connectivity index (χ1v) is 31.0. The first-order valence-electron chi connectivity index (χ1n) is 29.5. The van der Waals surface area contributed by atoms with Crippen molar-refractivity contribution in [1.82, 2.24) is 0 Å². The van der Waals surface area contributed by atoms with Gasteiger partial charge in [0, 0.05) is 19.4 Å². The van der Waals surface area contributed by atoms with Crippen molar-refractivity contribution >= 4 is 19.8 Å². The van der Waals surface area contributed by atoms with Gasteiger partial charge in [0.05, 0.1) is 13.2 Å². The third-order valence-electron chi connectivity index (χ3n) is 13.0. The third kappa shape index (κ3) is 55.4. The monoisotopic (exact) mass is 994 g/mol. The summed E-state index contributed by atoms with van der Waals surface area (Å²) in [5.41, 5.74) is 5.38. The minimum atomic E-state index is -4.39. The van der Waals surface area contributed by atoms with Crippen LogP contribution in [0, 0.1) is 0 Å². The van der Waals surface area contributed by atoms with Crippen LogP contribution in [0.15, 0.2) is 36.5 Å². The molecule has 406 valence electrons. The summed E-state index contributed by atoms with van der Waals surface area (Å²) in [7, 11) is -4.39. The van der Waals surface area contributed by atoms with Gasteiger partial charge in [-0.1, -0.05) is 275 Å². The standard InChI is InChI=1S/C59H112NO8P/c1-3-5-7-9-11-13-15-17-19-21-22-23-24-25-26-27-28-29-30-31-32-33-34-36-37-39-41-43-45-47-49-51-58(61)65-55-57(56-67-69(63,64)66-54-53-60)68-59(62)52-50-48-46-44-42-40-38-35-20-18-16-14-12-10-8-6-4-2/h6,8,12,14,18,20,57H,3-5,7,9-11,13,15-17,19,21-56,60H2,1-2H3,(H,63,64)/b8-6-,14-12-,20-18-. The van der Waals surface area contributed by atoms with E-state index in [0.29, 0.717) is 6.42 Å². The van der Waals surface area contributed by atoms with E-state index in [1.165, 1.54) is 199 Å². The van der Waals surface area contributed by atoms with Crippen LogP contribution in [0.1, 0.15) is 296 Å². The van der Waals surface area contributed by atoms with Crippen LogP contribution in [0.2, 0.25) is 0 Å². The zero-order valence-corrected chi connectivity index (χ0v) is 46.2. The van der Waals surface area contributed by atoms with Gasteiger partial charge in [-0.05, 0) is 44.9 Å². The Morgan fingerprint density at radius 2 is 0.797 bits per heavy atom. The van der Waals surface area contributed by atoms with E-state index in [0.717, 1.165) is 64.2 Å². The van der Waals surface area contributed by atoms with Crippen LogP contribution in [-0.4, -0.2) is 49.3 Å². The SMILES string of the molecule is CC/C=C\C/C=C\C/C=C\CCCCCCCCCC(=O)OC(COC(=O)CCCCCCCCCCCCCCCCCCCCCCCCCCCCCCCCC)COP(=O)(O)OCCN. The van der Waals surface area contributed by atoms with Crippen molar-refractivity contribution in [3.05, 3.63) is 36.5 Å². The molecule has 69 heavy (non-hydrogen) atoms. The van der Waals surface area contributed by atoms with Crippen molar-refractivity contribution in [2.45, 2.75) is 302 Å². The fraction of sp³-hybridized carbons (Fsp3) is 0.864. The van der Waals surface area contributed by atoms with Gasteiger partial charge in [-0.3, -0.25) is 18.6 Å². The Hall–Kier alpha value is -1.77. The van der Waals surface area contributed by atoms with Crippen molar-refractivity contribution in [2.75, 3.05) is 26.4 Å². The smallest absolute Gasteiger partial charge is 0.462 e. The maximum atomic E-state index is 12.7. The van der Waals surface area contributed by atoms with Crippen molar-refractivity contribution in [3.8, 4) is 0 Å². The van der Waals surface area contributed by atoms with Gasteiger partial charge in [-0.2, -0.15) is 0 Å². The summed E-state index contributed by atoms with van der Waals surface area (Å²) in [6, 6.07) is 0. The number of carbonyl (C=O) groups excluding carboxylic acids is 2. The van der Waals surface area contributed by atoms with E-state index >= 15 is 0 Å². The Balaban J connectivity index is 3.85. The molecule has 2 atom stereocenters. The molecule has 2 unspecified atom stereocenters. The van der Waals surface area contributed by atoms with Crippen molar-refractivity contribution in [1.29, 1.82) is 0 Å². The molecule has 3 N–H and O–H groups in total. The Bertz CT molecular complexity index is 1220. The Morgan fingerprint density at radius 1 is 0.449 bits per heavy atom. The van der Waals surface area contributed by atoms with Crippen molar-refractivity contribution in [2.24, 2.45) is 5.73 Å². The van der Waals surface area contributed by atoms with Crippen LogP contribution in [0.5, 0.6) is 0 Å². The number of rotatable bonds is 56. The van der Waals surface area contributed by atoms with Crippen molar-refractivity contribution < 1.29 is 37.6 Å². The van der Waals surface area contributed by atoms with Crippen LogP contribution < -0.4 is 5.73 Å². The number of carbonyl (C=O) groups is 2. The summed E-state index contributed by atoms with van der Waals surface area (Å²) in [6.07, 6.45) is 66.5. The molecule has 0 fully saturated rings. The van der Waals surface area contributed by atoms with Crippen molar-refractivity contribution in [3.63, 3.8) is 0 Å². The molecule has 0 aromatic rings. The lowest BCUT2D eigenvalue weighted by molar-refractivity contribution is -0.161. The number of hydrogen-bond donors (Lipinski definition) is 2. The van der Waals surface area contributed by atoms with Crippen LogP contribution in [-0.2, 0) is 32.7 Å². The lowest BCUT2D eigenvalue weighted by Crippen LogP contribution is -2.29. The second-order valence-electron chi connectivity index (χ2n) is 19.8. The Kier molecular flexibility index (Phi) is 54.1. The lowest BCUT2D eigenvalue weighted by atomic mass is 10.0. The molecule has 9 nitrogen and oxygen atoms in total. The molecule has 10 heteroatoms. The third-order valence-corrected chi connectivity index (χ3v) is 14.0. The van der Waals surface area contributed by atoms with E-state index in [-0.39, 0.29) is 38.6 Å². The molecule has 0 saturated heterocycles. The number of hydrogen-bond acceptors (Lipinski definition) is 8. The molecule has 0 aliphatic rings. The fourth-order valence-electron chi connectivity index (χ4n) is 8.71. The second-order valence-corrected chi connectivity index (χ2v) is 21.3. The molecule has 0 aliphatic carbocycles. The molecule has 0 radical (unpaired) electrons. The summed E-state index contributed by atoms with van der Waals surface area (Å²) < 4.78 is 33.0. The molecule has 0 bridgehead atoms. The number of phosphoric acid groups is 1. The van der Waals surface area contributed by atoms with E-state index in [1.54, 1.807) is 0 Å². The van der Waals surface area contributed by atoms with Gasteiger partial charge in [-0.25, -0.2) is 4.57 Å². The number of ether oxygens (including phenoxy) is 2. The first-order chi connectivity index (χ1) is 33.8. The highest BCUT2D eigenvalue weighted by molar-refractivity contribution is 7.47. The molecule has 0 saturated carbocycles. The van der Waals surface area contributed by atoms with Crippen LogP contribution in [0.4, 0.5) is 0 Å². The quantitative estimate of drug-likeness (QED) is 0.0264. The second kappa shape index (κ2) is 55.5. The number of phosphoric ester groups is 1. The first kappa shape index (κ1) is 67.2. The summed E-state index contributed by atoms with van der Waals surface area (Å²) in [6.45, 7) is 3.67. The van der Waals surface area contributed by atoms with E-state index in [2.05, 4.69) is 50.3 Å². The van der Waals surface area contributed by atoms with Gasteiger partial charge in [-0.15, -0.1) is 0 Å². The highest BCUT2D eigenvalue weighted by atomic mass is 31.2. The number of esters is 2. The van der Waals surface area contributed by atoms with Crippen LogP contribution in [0.25, 0.3) is 0 Å². The molecule has 0 amide bonds. The zero-order valence-electron chi connectivity index (χ0n) is 45.3. The molecule has 0 rings (SSSR count). The van der Waals surface area contributed by atoms with Gasteiger partial charge in [0.2, 0.25) is 0 Å². The number of nitrogens with two attached hydrogens (primary N) is 1. The van der Waals surface area contributed by atoms with Gasteiger partial charge in [0.25, 0.3) is 0 Å². The summed E-state index contributed by atoms with van der Waals surface area (Å²) in [4.78, 5) is 35.1. The van der Waals surface area contributed by atoms with Gasteiger partial charge >= 0.3 is 19.8 Å². The summed E-state index contributed by atoms with van der Waals surface area (Å²) in [5, 5.41) is 0. The predicted octanol–water partition coefficient (Wildman–Crippen LogP) is 18.4. The molecule has 0 heterocycles. The van der Waals surface area contributed by atoms with Crippen LogP contribution in [0.3, 0.4) is 0 Å². The Labute approximate surface area is 426 Å². The minimum absolute atomic E-state index is 0.0524. The highest BCUT2D eigenvalue weighted by Gasteiger charge is 2.26. The molecule has 0 aromatic heterocycles. The van der Waals surface area contributed by atoms with Gasteiger partial charge in [0.1, 0.15) is 6.61 Å². The predicted molar refractivity (Wildman–Crippen MR) is 294 cm³/mol. The zero-order chi connectivity index (χ0) is 50.2. The largest absolute Gasteiger partial charge is 0.472 e. The van der Waals surface area contributed by atoms with Crippen LogP contribution >= 0.6 is 7.82 Å². The molecule has 0 aromatic carbocycles. The summed E-state index contributed by atoms with van der Waals surface area (Å²) in [5.74, 6) is -0.826. The Morgan fingerprint density at radius 3 is 1.19 bits per heavy atom. The molecular weight excluding hydrogens is 882 g/mol. The normalized spacial score (nSPS) is 13.3. The average Bonchev–Trinajstić information content (AvgIpc) is 3.34. The number of unbranched alkanes of at least 4 members (excludes halogenated alkanes) is 37. The van der Waals surface area contributed by atoms with E-state index in [4.69, 9.17) is 24.3 Å².